The summed E-state index contributed by atoms with van der Waals surface area (Å²) in [6, 6.07) is 0. The number of likely N-dealkylation sites (N-methyl/N-ethyl adjacent to an activating group) is 1. The smallest absolute Gasteiger partial charge is 0.410 e. The number of likely N-dealkylation sites (tertiary alicyclic amines) is 1. The normalized spacial score (nSPS) is 24.1. The average Bonchev–Trinajstić information content (AvgIpc) is 3.43. The quantitative estimate of drug-likeness (QED) is 0.480. The number of nitrogens with two attached hydrogens (primary N) is 1. The van der Waals surface area contributed by atoms with Crippen LogP contribution < -0.4 is 11.1 Å². The number of hydrogen-bond acceptors (Lipinski definition) is 10. The van der Waals surface area contributed by atoms with Crippen molar-refractivity contribution in [1.29, 1.82) is 0 Å². The maximum atomic E-state index is 12.3. The van der Waals surface area contributed by atoms with Crippen LogP contribution in [0.4, 0.5) is 10.6 Å². The second kappa shape index (κ2) is 10.9. The Morgan fingerprint density at radius 1 is 1.31 bits per heavy atom. The molecule has 0 saturated carbocycles. The van der Waals surface area contributed by atoms with Gasteiger partial charge in [-0.05, 0) is 32.1 Å². The summed E-state index contributed by atoms with van der Waals surface area (Å²) in [6.45, 7) is 3.42. The van der Waals surface area contributed by atoms with Crippen molar-refractivity contribution in [3.63, 3.8) is 0 Å². The van der Waals surface area contributed by atoms with Crippen molar-refractivity contribution in [3.05, 3.63) is 12.2 Å². The number of piperidine rings is 1. The molecule has 13 heteroatoms. The fourth-order valence-corrected chi connectivity index (χ4v) is 4.18. The minimum atomic E-state index is -1.21. The summed E-state index contributed by atoms with van der Waals surface area (Å²) in [5, 5.41) is 13.2. The average molecular weight is 488 g/mol. The molecule has 2 aromatic rings. The van der Waals surface area contributed by atoms with Gasteiger partial charge in [0.05, 0.1) is 6.33 Å². The van der Waals surface area contributed by atoms with E-state index in [-0.39, 0.29) is 18.2 Å². The molecule has 4 rings (SSSR count). The number of carbonyl (C=O) groups is 2. The zero-order valence-electron chi connectivity index (χ0n) is 19.6. The van der Waals surface area contributed by atoms with Crippen molar-refractivity contribution in [2.24, 2.45) is 0 Å². The molecule has 4 unspecified atom stereocenters. The number of aliphatic hydroxyl groups excluding tert-OH is 1. The molecule has 0 radical (unpaired) electrons. The van der Waals surface area contributed by atoms with E-state index in [0.717, 1.165) is 19.3 Å². The van der Waals surface area contributed by atoms with Crippen LogP contribution in [0.3, 0.4) is 0 Å². The van der Waals surface area contributed by atoms with E-state index < -0.39 is 36.5 Å². The van der Waals surface area contributed by atoms with E-state index in [4.69, 9.17) is 19.9 Å². The molecule has 4 N–H and O–H groups in total. The number of fused-ring (bicyclic) bond motifs is 1. The highest BCUT2D eigenvalue weighted by Gasteiger charge is 2.48. The summed E-state index contributed by atoms with van der Waals surface area (Å²) in [5.41, 5.74) is 6.66. The lowest BCUT2D eigenvalue weighted by Crippen LogP contribution is -2.43. The highest BCUT2D eigenvalue weighted by atomic mass is 16.6. The number of imidazole rings is 1. The van der Waals surface area contributed by atoms with E-state index >= 15 is 0 Å². The largest absolute Gasteiger partial charge is 0.436 e. The van der Waals surface area contributed by atoms with Gasteiger partial charge in [-0.25, -0.2) is 19.7 Å². The van der Waals surface area contributed by atoms with Gasteiger partial charge in [-0.3, -0.25) is 9.36 Å². The Labute approximate surface area is 201 Å². The molecule has 188 valence electrons. The number of methoxy groups -OCH3 is 1. The Kier molecular flexibility index (Phi) is 7.64. The Morgan fingerprint density at radius 2 is 2.09 bits per heavy atom. The highest BCUT2D eigenvalue weighted by molar-refractivity contribution is 5.83. The molecule has 0 bridgehead atoms. The third kappa shape index (κ3) is 5.14. The monoisotopic (exact) mass is 487 g/mol. The van der Waals surface area contributed by atoms with E-state index in [9.17, 15) is 14.7 Å². The predicted molar refractivity (Wildman–Crippen MR) is 123 cm³/mol. The zero-order valence-corrected chi connectivity index (χ0v) is 19.6. The third-order valence-corrected chi connectivity index (χ3v) is 5.90. The number of aromatic nitrogens is 4. The van der Waals surface area contributed by atoms with Crippen molar-refractivity contribution in [1.82, 2.24) is 29.7 Å². The predicted octanol–water partition coefficient (Wildman–Crippen LogP) is -0.208. The first-order chi connectivity index (χ1) is 16.9. The molecule has 2 amide bonds. The van der Waals surface area contributed by atoms with Gasteiger partial charge < -0.3 is 35.3 Å². The lowest BCUT2D eigenvalue weighted by atomic mass is 10.1. The van der Waals surface area contributed by atoms with E-state index in [2.05, 4.69) is 32.1 Å². The van der Waals surface area contributed by atoms with Gasteiger partial charge in [0.2, 0.25) is 5.82 Å². The number of nitrogens with one attached hydrogen (secondary N) is 1. The van der Waals surface area contributed by atoms with Crippen LogP contribution in [0, 0.1) is 11.8 Å². The topological polar surface area (TPSA) is 167 Å². The molecule has 2 aromatic heterocycles. The Bertz CT molecular complexity index is 1140. The molecule has 0 spiro atoms. The maximum Gasteiger partial charge on any atom is 0.410 e. The van der Waals surface area contributed by atoms with Gasteiger partial charge in [-0.15, -0.1) is 0 Å². The van der Waals surface area contributed by atoms with Crippen LogP contribution >= 0.6 is 0 Å². The molecule has 0 aliphatic carbocycles. The Morgan fingerprint density at radius 3 is 2.80 bits per heavy atom. The van der Waals surface area contributed by atoms with Crippen molar-refractivity contribution in [2.75, 3.05) is 39.1 Å². The second-order valence-corrected chi connectivity index (χ2v) is 8.19. The fourth-order valence-electron chi connectivity index (χ4n) is 4.18. The van der Waals surface area contributed by atoms with Gasteiger partial charge in [0.15, 0.2) is 30.4 Å². The summed E-state index contributed by atoms with van der Waals surface area (Å²) in [7, 11) is 1.41. The molecule has 35 heavy (non-hydrogen) atoms. The summed E-state index contributed by atoms with van der Waals surface area (Å²) < 4.78 is 18.0. The molecule has 2 fully saturated rings. The van der Waals surface area contributed by atoms with Gasteiger partial charge in [0.25, 0.3) is 5.91 Å². The lowest BCUT2D eigenvalue weighted by Gasteiger charge is -2.25. The van der Waals surface area contributed by atoms with Crippen LogP contribution in [-0.4, -0.2) is 93.2 Å². The zero-order chi connectivity index (χ0) is 24.9. The first kappa shape index (κ1) is 24.6. The van der Waals surface area contributed by atoms with Gasteiger partial charge in [0.1, 0.15) is 17.7 Å². The number of aliphatic hydroxyl groups is 1. The summed E-state index contributed by atoms with van der Waals surface area (Å²) in [6.07, 6.45) is -0.00206. The van der Waals surface area contributed by atoms with Crippen LogP contribution in [0.15, 0.2) is 6.33 Å². The number of ether oxygens (including phenoxy) is 3. The van der Waals surface area contributed by atoms with Crippen LogP contribution in [0.2, 0.25) is 0 Å². The molecule has 13 nitrogen and oxygen atoms in total. The number of anilines is 1. The van der Waals surface area contributed by atoms with E-state index in [1.807, 2.05) is 0 Å². The standard InChI is InChI=1S/C22H29N7O6/c1-3-24-20(31)16-15(30)17(33-2)21(35-16)29-12-25-14-18(23)26-13(27-19(14)29)8-7-11-34-22(32)28-9-5-4-6-10-28/h12,15-17,21,30H,3-6,9-11H2,1-2H3,(H,24,31)(H2,23,26,27). The van der Waals surface area contributed by atoms with Crippen molar-refractivity contribution < 1.29 is 28.9 Å². The Hall–Kier alpha value is -3.47. The molecule has 0 aromatic carbocycles. The first-order valence-electron chi connectivity index (χ1n) is 11.5. The number of amides is 2. The lowest BCUT2D eigenvalue weighted by molar-refractivity contribution is -0.137. The number of rotatable bonds is 5. The van der Waals surface area contributed by atoms with Gasteiger partial charge in [-0.2, -0.15) is 0 Å². The van der Waals surface area contributed by atoms with Crippen LogP contribution in [0.25, 0.3) is 11.2 Å². The number of nitrogen functional groups attached to an aromatic ring is 1. The minimum absolute atomic E-state index is 0.0937. The SMILES string of the molecule is CCNC(=O)C1OC(n2cnc3c(N)nc(C#CCOC(=O)N4CCCCC4)nc32)C(OC)C1O. The van der Waals surface area contributed by atoms with E-state index in [0.29, 0.717) is 30.8 Å². The molecule has 4 heterocycles. The van der Waals surface area contributed by atoms with Gasteiger partial charge >= 0.3 is 6.09 Å². The summed E-state index contributed by atoms with van der Waals surface area (Å²) in [4.78, 5) is 38.9. The molecule has 2 saturated heterocycles. The van der Waals surface area contributed by atoms with E-state index in [1.165, 1.54) is 18.0 Å². The highest BCUT2D eigenvalue weighted by Crippen LogP contribution is 2.34. The fraction of sp³-hybridized carbons (Fsp3) is 0.591. The summed E-state index contributed by atoms with van der Waals surface area (Å²) in [5.74, 6) is 5.21. The second-order valence-electron chi connectivity index (χ2n) is 8.19. The molecule has 2 aliphatic heterocycles. The van der Waals surface area contributed by atoms with Gasteiger partial charge in [-0.1, -0.05) is 5.92 Å². The Balaban J connectivity index is 1.52. The third-order valence-electron chi connectivity index (χ3n) is 5.90. The van der Waals surface area contributed by atoms with Crippen molar-refractivity contribution in [2.45, 2.75) is 50.7 Å². The van der Waals surface area contributed by atoms with Crippen molar-refractivity contribution in [3.8, 4) is 11.8 Å². The molecule has 2 aliphatic rings. The van der Waals surface area contributed by atoms with Crippen LogP contribution in [0.5, 0.6) is 0 Å². The molecular weight excluding hydrogens is 458 g/mol. The minimum Gasteiger partial charge on any atom is -0.436 e. The van der Waals surface area contributed by atoms with E-state index in [1.54, 1.807) is 11.8 Å². The molecular formula is C22H29N7O6. The van der Waals surface area contributed by atoms with Crippen LogP contribution in [0.1, 0.15) is 38.2 Å². The number of hydrogen-bond donors (Lipinski definition) is 3. The van der Waals surface area contributed by atoms with Crippen molar-refractivity contribution >= 4 is 29.0 Å². The molecule has 4 atom stereocenters. The first-order valence-corrected chi connectivity index (χ1v) is 11.5. The van der Waals surface area contributed by atoms with Crippen LogP contribution in [-0.2, 0) is 19.0 Å². The summed E-state index contributed by atoms with van der Waals surface area (Å²) >= 11 is 0. The van der Waals surface area contributed by atoms with Gasteiger partial charge in [0, 0.05) is 26.7 Å². The number of nitrogens with zero attached hydrogens (tertiary/aromatic N) is 5. The maximum absolute atomic E-state index is 12.3. The number of carbonyl (C=O) groups excluding carboxylic acids is 2.